The number of rotatable bonds is 7. The number of anilines is 1. The highest BCUT2D eigenvalue weighted by molar-refractivity contribution is 5.76. The van der Waals surface area contributed by atoms with Crippen LogP contribution in [-0.4, -0.2) is 31.7 Å². The molecule has 0 bridgehead atoms. The van der Waals surface area contributed by atoms with Crippen molar-refractivity contribution in [2.75, 3.05) is 24.6 Å². The maximum Gasteiger partial charge on any atom is 0.221 e. The maximum absolute atomic E-state index is 14.0. The quantitative estimate of drug-likeness (QED) is 0.838. The number of nitrogens with zero attached hydrogens (tertiary/aromatic N) is 1. The van der Waals surface area contributed by atoms with Crippen molar-refractivity contribution in [2.24, 2.45) is 5.73 Å². The first-order valence-electron chi connectivity index (χ1n) is 8.26. The van der Waals surface area contributed by atoms with Crippen molar-refractivity contribution in [1.29, 1.82) is 0 Å². The molecule has 5 nitrogen and oxygen atoms in total. The van der Waals surface area contributed by atoms with Gasteiger partial charge in [-0.05, 0) is 36.8 Å². The highest BCUT2D eigenvalue weighted by Crippen LogP contribution is 2.28. The summed E-state index contributed by atoms with van der Waals surface area (Å²) in [6.07, 6.45) is 0.181. The molecule has 0 saturated carbocycles. The minimum absolute atomic E-state index is 0.0576. The van der Waals surface area contributed by atoms with Gasteiger partial charge in [-0.1, -0.05) is 12.1 Å². The molecule has 2 aromatic carbocycles. The first-order chi connectivity index (χ1) is 12.0. The Hall–Kier alpha value is -2.76. The first kappa shape index (κ1) is 17.1. The molecule has 0 atom stereocenters. The van der Waals surface area contributed by atoms with Gasteiger partial charge in [0.2, 0.25) is 5.91 Å². The van der Waals surface area contributed by atoms with E-state index < -0.39 is 5.82 Å². The summed E-state index contributed by atoms with van der Waals surface area (Å²) in [5, 5.41) is 0. The number of hydrogen-bond donors (Lipinski definition) is 1. The lowest BCUT2D eigenvalue weighted by molar-refractivity contribution is -0.117. The van der Waals surface area contributed by atoms with Crippen LogP contribution < -0.4 is 20.1 Å². The van der Waals surface area contributed by atoms with E-state index in [9.17, 15) is 9.18 Å². The first-order valence-corrected chi connectivity index (χ1v) is 8.26. The summed E-state index contributed by atoms with van der Waals surface area (Å²) in [6.45, 7) is 3.71. The van der Waals surface area contributed by atoms with Crippen molar-refractivity contribution in [3.8, 4) is 11.5 Å². The van der Waals surface area contributed by atoms with Crippen LogP contribution in [0.25, 0.3) is 0 Å². The van der Waals surface area contributed by atoms with Gasteiger partial charge in [-0.15, -0.1) is 0 Å². The van der Waals surface area contributed by atoms with Gasteiger partial charge in [0.15, 0.2) is 11.6 Å². The zero-order valence-corrected chi connectivity index (χ0v) is 14.1. The largest absolute Gasteiger partial charge is 0.494 e. The monoisotopic (exact) mass is 344 g/mol. The lowest BCUT2D eigenvalue weighted by Gasteiger charge is -2.40. The number of carbonyl (C=O) groups is 1. The molecule has 0 aliphatic carbocycles. The summed E-state index contributed by atoms with van der Waals surface area (Å²) in [6, 6.07) is 12.3. The zero-order valence-electron chi connectivity index (χ0n) is 14.1. The van der Waals surface area contributed by atoms with Crippen LogP contribution in [-0.2, 0) is 11.2 Å². The van der Waals surface area contributed by atoms with Crippen LogP contribution >= 0.6 is 0 Å². The molecule has 2 N–H and O–H groups in total. The average Bonchev–Trinajstić information content (AvgIpc) is 2.53. The number of hydrogen-bond acceptors (Lipinski definition) is 4. The van der Waals surface area contributed by atoms with Crippen LogP contribution in [0.4, 0.5) is 10.1 Å². The lowest BCUT2D eigenvalue weighted by Crippen LogP contribution is -2.54. The Labute approximate surface area is 146 Å². The second-order valence-electron chi connectivity index (χ2n) is 5.98. The van der Waals surface area contributed by atoms with E-state index >= 15 is 0 Å². The number of primary amides is 1. The van der Waals surface area contributed by atoms with E-state index in [0.29, 0.717) is 25.4 Å². The van der Waals surface area contributed by atoms with Gasteiger partial charge in [0.1, 0.15) is 11.9 Å². The fourth-order valence-corrected chi connectivity index (χ4v) is 2.76. The summed E-state index contributed by atoms with van der Waals surface area (Å²) in [5.74, 6) is -0.0219. The highest BCUT2D eigenvalue weighted by Gasteiger charge is 2.29. The Balaban J connectivity index is 1.53. The van der Waals surface area contributed by atoms with Crippen LogP contribution in [0.5, 0.6) is 11.5 Å². The number of carbonyl (C=O) groups excluding carboxylic acids is 1. The van der Waals surface area contributed by atoms with Gasteiger partial charge >= 0.3 is 0 Å². The fraction of sp³-hybridized carbons (Fsp3) is 0.316. The molecule has 1 heterocycles. The third-order valence-electron chi connectivity index (χ3n) is 4.04. The summed E-state index contributed by atoms with van der Waals surface area (Å²) < 4.78 is 25.0. The van der Waals surface area contributed by atoms with Gasteiger partial charge in [-0.25, -0.2) is 4.39 Å². The molecule has 1 saturated heterocycles. The molecule has 1 amide bonds. The van der Waals surface area contributed by atoms with Crippen molar-refractivity contribution in [1.82, 2.24) is 0 Å². The number of amides is 1. The van der Waals surface area contributed by atoms with E-state index in [1.165, 1.54) is 6.07 Å². The van der Waals surface area contributed by atoms with Gasteiger partial charge in [0, 0.05) is 11.8 Å². The Morgan fingerprint density at radius 2 is 1.96 bits per heavy atom. The van der Waals surface area contributed by atoms with Crippen LogP contribution in [0, 0.1) is 5.82 Å². The van der Waals surface area contributed by atoms with Gasteiger partial charge in [-0.2, -0.15) is 0 Å². The fourth-order valence-electron chi connectivity index (χ4n) is 2.76. The van der Waals surface area contributed by atoms with E-state index in [0.717, 1.165) is 11.3 Å². The smallest absolute Gasteiger partial charge is 0.221 e. The molecule has 1 fully saturated rings. The predicted octanol–water partition coefficient (Wildman–Crippen LogP) is 2.52. The molecule has 6 heteroatoms. The normalized spacial score (nSPS) is 14.1. The molecule has 0 aromatic heterocycles. The Morgan fingerprint density at radius 3 is 2.56 bits per heavy atom. The van der Waals surface area contributed by atoms with Crippen molar-refractivity contribution in [2.45, 2.75) is 19.4 Å². The lowest BCUT2D eigenvalue weighted by atomic mass is 10.1. The highest BCUT2D eigenvalue weighted by atomic mass is 19.1. The summed E-state index contributed by atoms with van der Waals surface area (Å²) in [5.41, 5.74) is 7.12. The average molecular weight is 344 g/mol. The third-order valence-corrected chi connectivity index (χ3v) is 4.04. The molecule has 0 unspecified atom stereocenters. The topological polar surface area (TPSA) is 64.8 Å². The van der Waals surface area contributed by atoms with Gasteiger partial charge in [-0.3, -0.25) is 4.79 Å². The second-order valence-corrected chi connectivity index (χ2v) is 5.98. The summed E-state index contributed by atoms with van der Waals surface area (Å²) in [7, 11) is 0. The maximum atomic E-state index is 14.0. The molecule has 1 aliphatic rings. The van der Waals surface area contributed by atoms with Crippen LogP contribution in [0.3, 0.4) is 0 Å². The van der Waals surface area contributed by atoms with Crippen molar-refractivity contribution >= 4 is 11.6 Å². The van der Waals surface area contributed by atoms with E-state index in [1.807, 2.05) is 31.2 Å². The number of nitrogens with two attached hydrogens (primary N) is 1. The standard InChI is InChI=1S/C19H21FN2O3/c1-2-24-15-7-8-18(17(20)10-15)25-16-11-22(12-16)14-5-3-13(4-6-14)9-19(21)23/h3-8,10,16H,2,9,11-12H2,1H3,(H2,21,23). The van der Waals surface area contributed by atoms with Gasteiger partial charge < -0.3 is 20.1 Å². The van der Waals surface area contributed by atoms with E-state index in [2.05, 4.69) is 4.90 Å². The molecule has 25 heavy (non-hydrogen) atoms. The second kappa shape index (κ2) is 7.42. The van der Waals surface area contributed by atoms with E-state index in [-0.39, 0.29) is 24.2 Å². The van der Waals surface area contributed by atoms with Gasteiger partial charge in [0.25, 0.3) is 0 Å². The van der Waals surface area contributed by atoms with E-state index in [1.54, 1.807) is 12.1 Å². The SMILES string of the molecule is CCOc1ccc(OC2CN(c3ccc(CC(N)=O)cc3)C2)c(F)c1. The zero-order chi connectivity index (χ0) is 17.8. The third kappa shape index (κ3) is 4.21. The number of ether oxygens (including phenoxy) is 2. The summed E-state index contributed by atoms with van der Waals surface area (Å²) >= 11 is 0. The molecular formula is C19H21FN2O3. The van der Waals surface area contributed by atoms with Crippen LogP contribution in [0.15, 0.2) is 42.5 Å². The Kier molecular flexibility index (Phi) is 5.07. The number of benzene rings is 2. The Bertz CT molecular complexity index is 743. The summed E-state index contributed by atoms with van der Waals surface area (Å²) in [4.78, 5) is 13.0. The molecule has 0 spiro atoms. The predicted molar refractivity (Wildman–Crippen MR) is 93.5 cm³/mol. The Morgan fingerprint density at radius 1 is 1.24 bits per heavy atom. The van der Waals surface area contributed by atoms with Gasteiger partial charge in [0.05, 0.1) is 26.1 Å². The van der Waals surface area contributed by atoms with Crippen molar-refractivity contribution in [3.05, 3.63) is 53.8 Å². The molecule has 0 radical (unpaired) electrons. The van der Waals surface area contributed by atoms with Crippen molar-refractivity contribution < 1.29 is 18.7 Å². The van der Waals surface area contributed by atoms with Crippen molar-refractivity contribution in [3.63, 3.8) is 0 Å². The minimum atomic E-state index is -0.416. The minimum Gasteiger partial charge on any atom is -0.494 e. The molecule has 132 valence electrons. The molecule has 2 aromatic rings. The number of halogens is 1. The van der Waals surface area contributed by atoms with Crippen LogP contribution in [0.2, 0.25) is 0 Å². The molecule has 3 rings (SSSR count). The van der Waals surface area contributed by atoms with E-state index in [4.69, 9.17) is 15.2 Å². The molecular weight excluding hydrogens is 323 g/mol. The van der Waals surface area contributed by atoms with Crippen LogP contribution in [0.1, 0.15) is 12.5 Å². The molecule has 1 aliphatic heterocycles.